The van der Waals surface area contributed by atoms with Crippen LogP contribution >= 0.6 is 15.9 Å². The number of hydrogen-bond acceptors (Lipinski definition) is 5. The Morgan fingerprint density at radius 3 is 3.07 bits per heavy atom. The van der Waals surface area contributed by atoms with E-state index in [1.165, 1.54) is 0 Å². The zero-order valence-electron chi connectivity index (χ0n) is 7.53. The lowest BCUT2D eigenvalue weighted by molar-refractivity contribution is 0.195. The fourth-order valence-electron chi connectivity index (χ4n) is 1.37. The van der Waals surface area contributed by atoms with Gasteiger partial charge >= 0.3 is 0 Å². The number of nitrogen functional groups attached to an aromatic ring is 1. The van der Waals surface area contributed by atoms with Crippen LogP contribution in [0.15, 0.2) is 10.7 Å². The monoisotopic (exact) mass is 258 g/mol. The van der Waals surface area contributed by atoms with E-state index in [9.17, 15) is 0 Å². The molecule has 2 heterocycles. The Balaban J connectivity index is 2.07. The van der Waals surface area contributed by atoms with Crippen LogP contribution in [0, 0.1) is 0 Å². The number of nitrogens with one attached hydrogen (secondary N) is 1. The normalized spacial score (nSPS) is 21.1. The molecule has 0 radical (unpaired) electrons. The largest absolute Gasteiger partial charge is 0.379 e. The maximum Gasteiger partial charge on any atom is 0.223 e. The number of ether oxygens (including phenoxy) is 1. The third-order valence-electron chi connectivity index (χ3n) is 1.99. The van der Waals surface area contributed by atoms with Crippen molar-refractivity contribution in [3.05, 3.63) is 10.7 Å². The molecular weight excluding hydrogens is 248 g/mol. The standard InChI is InChI=1S/C8H11BrN4O/c9-6-3-7(13-8(10)12-6)11-5-1-2-14-4-5/h3,5H,1-2,4H2,(H3,10,11,12,13). The minimum atomic E-state index is 0.265. The Hall–Kier alpha value is -0.880. The third kappa shape index (κ3) is 2.33. The van der Waals surface area contributed by atoms with Gasteiger partial charge in [0.05, 0.1) is 12.6 Å². The second-order valence-electron chi connectivity index (χ2n) is 3.14. The minimum Gasteiger partial charge on any atom is -0.379 e. The summed E-state index contributed by atoms with van der Waals surface area (Å²) >= 11 is 3.26. The van der Waals surface area contributed by atoms with Gasteiger partial charge in [0.15, 0.2) is 0 Å². The lowest BCUT2D eigenvalue weighted by Gasteiger charge is -2.11. The molecule has 6 heteroatoms. The van der Waals surface area contributed by atoms with Gasteiger partial charge in [0, 0.05) is 12.7 Å². The number of aromatic nitrogens is 2. The molecule has 0 bridgehead atoms. The smallest absolute Gasteiger partial charge is 0.223 e. The number of nitrogens with two attached hydrogens (primary N) is 1. The quantitative estimate of drug-likeness (QED) is 0.776. The summed E-state index contributed by atoms with van der Waals surface area (Å²) in [5, 5.41) is 3.24. The van der Waals surface area contributed by atoms with Gasteiger partial charge in [-0.3, -0.25) is 0 Å². The van der Waals surface area contributed by atoms with Crippen molar-refractivity contribution in [1.82, 2.24) is 9.97 Å². The Morgan fingerprint density at radius 1 is 1.57 bits per heavy atom. The van der Waals surface area contributed by atoms with Gasteiger partial charge in [-0.25, -0.2) is 4.98 Å². The summed E-state index contributed by atoms with van der Waals surface area (Å²) in [6, 6.07) is 2.13. The summed E-state index contributed by atoms with van der Waals surface area (Å²) in [5.41, 5.74) is 5.51. The van der Waals surface area contributed by atoms with Crippen molar-refractivity contribution in [3.63, 3.8) is 0 Å². The molecule has 1 saturated heterocycles. The molecule has 2 rings (SSSR count). The highest BCUT2D eigenvalue weighted by molar-refractivity contribution is 9.10. The molecular formula is C8H11BrN4O. The van der Waals surface area contributed by atoms with Crippen molar-refractivity contribution in [1.29, 1.82) is 0 Å². The molecule has 0 saturated carbocycles. The number of anilines is 2. The highest BCUT2D eigenvalue weighted by Crippen LogP contribution is 2.16. The lowest BCUT2D eigenvalue weighted by atomic mass is 10.2. The van der Waals surface area contributed by atoms with Crippen molar-refractivity contribution < 1.29 is 4.74 Å². The van der Waals surface area contributed by atoms with Gasteiger partial charge in [-0.2, -0.15) is 4.98 Å². The van der Waals surface area contributed by atoms with Crippen molar-refractivity contribution >= 4 is 27.7 Å². The van der Waals surface area contributed by atoms with Crippen LogP contribution in [0.1, 0.15) is 6.42 Å². The molecule has 5 nitrogen and oxygen atoms in total. The Kier molecular flexibility index (Phi) is 2.83. The third-order valence-corrected chi connectivity index (χ3v) is 2.40. The van der Waals surface area contributed by atoms with Crippen LogP contribution in [-0.4, -0.2) is 29.2 Å². The van der Waals surface area contributed by atoms with E-state index in [4.69, 9.17) is 10.5 Å². The number of nitrogens with zero attached hydrogens (tertiary/aromatic N) is 2. The van der Waals surface area contributed by atoms with E-state index in [0.717, 1.165) is 25.5 Å². The molecule has 0 spiro atoms. The molecule has 0 aromatic carbocycles. The SMILES string of the molecule is Nc1nc(Br)cc(NC2CCOC2)n1. The van der Waals surface area contributed by atoms with Crippen molar-refractivity contribution in [2.45, 2.75) is 12.5 Å². The van der Waals surface area contributed by atoms with E-state index in [2.05, 4.69) is 31.2 Å². The zero-order chi connectivity index (χ0) is 9.97. The molecule has 14 heavy (non-hydrogen) atoms. The molecule has 1 aliphatic heterocycles. The minimum absolute atomic E-state index is 0.265. The number of halogens is 1. The second kappa shape index (κ2) is 4.10. The van der Waals surface area contributed by atoms with Crippen LogP contribution in [0.3, 0.4) is 0 Å². The van der Waals surface area contributed by atoms with Gasteiger partial charge in [-0.05, 0) is 22.4 Å². The lowest BCUT2D eigenvalue weighted by Crippen LogP contribution is -2.20. The Morgan fingerprint density at radius 2 is 2.43 bits per heavy atom. The van der Waals surface area contributed by atoms with Gasteiger partial charge in [0.1, 0.15) is 10.4 Å². The summed E-state index contributed by atoms with van der Waals surface area (Å²) in [5.74, 6) is 1.00. The van der Waals surface area contributed by atoms with Crippen LogP contribution < -0.4 is 11.1 Å². The molecule has 1 aromatic heterocycles. The van der Waals surface area contributed by atoms with Crippen LogP contribution in [0.5, 0.6) is 0 Å². The van der Waals surface area contributed by atoms with E-state index in [1.54, 1.807) is 6.07 Å². The summed E-state index contributed by atoms with van der Waals surface area (Å²) in [6.45, 7) is 1.53. The summed E-state index contributed by atoms with van der Waals surface area (Å²) in [7, 11) is 0. The van der Waals surface area contributed by atoms with Gasteiger partial charge in [0.2, 0.25) is 5.95 Å². The van der Waals surface area contributed by atoms with Gasteiger partial charge < -0.3 is 15.8 Å². The molecule has 0 aliphatic carbocycles. The zero-order valence-corrected chi connectivity index (χ0v) is 9.12. The summed E-state index contributed by atoms with van der Waals surface area (Å²) in [6.07, 6.45) is 1.00. The molecule has 1 fully saturated rings. The van der Waals surface area contributed by atoms with E-state index < -0.39 is 0 Å². The predicted octanol–water partition coefficient (Wildman–Crippen LogP) is 1.02. The summed E-state index contributed by atoms with van der Waals surface area (Å²) in [4.78, 5) is 7.99. The molecule has 76 valence electrons. The first-order valence-electron chi connectivity index (χ1n) is 4.38. The molecule has 1 aromatic rings. The first-order chi connectivity index (χ1) is 6.74. The molecule has 1 atom stereocenters. The number of rotatable bonds is 2. The summed E-state index contributed by atoms with van der Waals surface area (Å²) < 4.78 is 5.93. The fourth-order valence-corrected chi connectivity index (χ4v) is 1.77. The Bertz CT molecular complexity index is 307. The van der Waals surface area contributed by atoms with Crippen molar-refractivity contribution in [3.8, 4) is 0 Å². The van der Waals surface area contributed by atoms with E-state index in [0.29, 0.717) is 10.6 Å². The van der Waals surface area contributed by atoms with E-state index in [-0.39, 0.29) is 5.95 Å². The molecule has 1 unspecified atom stereocenters. The maximum absolute atomic E-state index is 5.51. The van der Waals surface area contributed by atoms with Crippen LogP contribution in [0.25, 0.3) is 0 Å². The Labute approximate surface area is 90.2 Å². The topological polar surface area (TPSA) is 73.1 Å². The van der Waals surface area contributed by atoms with Gasteiger partial charge in [0.25, 0.3) is 0 Å². The number of hydrogen-bond donors (Lipinski definition) is 2. The predicted molar refractivity (Wildman–Crippen MR) is 57.0 cm³/mol. The van der Waals surface area contributed by atoms with Crippen LogP contribution in [-0.2, 0) is 4.74 Å². The van der Waals surface area contributed by atoms with Gasteiger partial charge in [-0.1, -0.05) is 0 Å². The average Bonchev–Trinajstić information content (AvgIpc) is 2.54. The van der Waals surface area contributed by atoms with E-state index in [1.807, 2.05) is 0 Å². The first-order valence-corrected chi connectivity index (χ1v) is 5.17. The molecule has 3 N–H and O–H groups in total. The van der Waals surface area contributed by atoms with Crippen molar-refractivity contribution in [2.24, 2.45) is 0 Å². The van der Waals surface area contributed by atoms with Crippen molar-refractivity contribution in [2.75, 3.05) is 24.3 Å². The average molecular weight is 259 g/mol. The first kappa shape index (κ1) is 9.67. The molecule has 1 aliphatic rings. The molecule has 0 amide bonds. The van der Waals surface area contributed by atoms with Crippen LogP contribution in [0.2, 0.25) is 0 Å². The van der Waals surface area contributed by atoms with Crippen LogP contribution in [0.4, 0.5) is 11.8 Å². The highest BCUT2D eigenvalue weighted by Gasteiger charge is 2.15. The van der Waals surface area contributed by atoms with Gasteiger partial charge in [-0.15, -0.1) is 0 Å². The fraction of sp³-hybridized carbons (Fsp3) is 0.500. The second-order valence-corrected chi connectivity index (χ2v) is 3.95. The van der Waals surface area contributed by atoms with E-state index >= 15 is 0 Å². The highest BCUT2D eigenvalue weighted by atomic mass is 79.9. The maximum atomic E-state index is 5.51.